The molecule has 0 aromatic carbocycles. The van der Waals surface area contributed by atoms with Crippen LogP contribution in [0.25, 0.3) is 0 Å². The number of nitrogens with zero attached hydrogens (tertiary/aromatic N) is 3. The Kier molecular flexibility index (Phi) is 3.33. The molecule has 1 heterocycles. The first-order valence-electron chi connectivity index (χ1n) is 5.42. The Labute approximate surface area is 89.8 Å². The van der Waals surface area contributed by atoms with Gasteiger partial charge in [0.2, 0.25) is 0 Å². The van der Waals surface area contributed by atoms with Crippen LogP contribution in [0.3, 0.4) is 0 Å². The summed E-state index contributed by atoms with van der Waals surface area (Å²) in [5.74, 6) is 0.992. The normalized spacial score (nSPS) is 18.0. The summed E-state index contributed by atoms with van der Waals surface area (Å²) in [5, 5.41) is 7.65. The van der Waals surface area contributed by atoms with E-state index in [0.29, 0.717) is 12.6 Å². The second kappa shape index (κ2) is 4.72. The second-order valence-electron chi connectivity index (χ2n) is 4.08. The molecule has 84 valence electrons. The van der Waals surface area contributed by atoms with Crippen LogP contribution >= 0.6 is 0 Å². The first-order valence-corrected chi connectivity index (χ1v) is 5.42. The summed E-state index contributed by atoms with van der Waals surface area (Å²) in [6.07, 6.45) is 4.19. The molecule has 15 heavy (non-hydrogen) atoms. The number of methoxy groups -OCH3 is 1. The molecule has 1 aliphatic rings. The average molecular weight is 210 g/mol. The molecule has 1 N–H and O–H groups in total. The van der Waals surface area contributed by atoms with Crippen LogP contribution in [-0.4, -0.2) is 34.5 Å². The lowest BCUT2D eigenvalue weighted by Crippen LogP contribution is -2.22. The molecule has 1 saturated carbocycles. The molecular formula is C10H18N4O. The number of rotatable bonds is 6. The summed E-state index contributed by atoms with van der Waals surface area (Å²) in [5.41, 5.74) is 0. The SMILES string of the molecule is COCC(C)n1ncnc1CNC1CC1. The number of aromatic nitrogens is 3. The summed E-state index contributed by atoms with van der Waals surface area (Å²) < 4.78 is 7.04. The van der Waals surface area contributed by atoms with Gasteiger partial charge >= 0.3 is 0 Å². The molecule has 1 aliphatic carbocycles. The van der Waals surface area contributed by atoms with Crippen LogP contribution in [0.2, 0.25) is 0 Å². The lowest BCUT2D eigenvalue weighted by Gasteiger charge is -2.13. The van der Waals surface area contributed by atoms with Gasteiger partial charge in [-0.3, -0.25) is 0 Å². The topological polar surface area (TPSA) is 52.0 Å². The standard InChI is InChI=1S/C10H18N4O/c1-8(6-15-2)14-10(12-7-13-14)5-11-9-3-4-9/h7-9,11H,3-6H2,1-2H3. The van der Waals surface area contributed by atoms with E-state index in [1.807, 2.05) is 4.68 Å². The van der Waals surface area contributed by atoms with Gasteiger partial charge in [0.05, 0.1) is 19.2 Å². The monoisotopic (exact) mass is 210 g/mol. The van der Waals surface area contributed by atoms with E-state index in [2.05, 4.69) is 22.3 Å². The van der Waals surface area contributed by atoms with Gasteiger partial charge in [0.15, 0.2) is 0 Å². The molecule has 0 amide bonds. The van der Waals surface area contributed by atoms with Crippen LogP contribution < -0.4 is 5.32 Å². The molecule has 0 spiro atoms. The van der Waals surface area contributed by atoms with Crippen LogP contribution in [0.15, 0.2) is 6.33 Å². The molecule has 1 aromatic heterocycles. The maximum atomic E-state index is 5.11. The van der Waals surface area contributed by atoms with Gasteiger partial charge in [-0.2, -0.15) is 5.10 Å². The summed E-state index contributed by atoms with van der Waals surface area (Å²) in [6, 6.07) is 0.946. The zero-order chi connectivity index (χ0) is 10.7. The molecule has 0 saturated heterocycles. The highest BCUT2D eigenvalue weighted by atomic mass is 16.5. The van der Waals surface area contributed by atoms with Crippen molar-refractivity contribution in [3.8, 4) is 0 Å². The van der Waals surface area contributed by atoms with Gasteiger partial charge in [-0.15, -0.1) is 0 Å². The van der Waals surface area contributed by atoms with Gasteiger partial charge in [-0.05, 0) is 19.8 Å². The van der Waals surface area contributed by atoms with E-state index in [4.69, 9.17) is 4.74 Å². The van der Waals surface area contributed by atoms with E-state index in [-0.39, 0.29) is 6.04 Å². The summed E-state index contributed by atoms with van der Waals surface area (Å²) in [6.45, 7) is 3.55. The molecule has 1 aromatic rings. The third kappa shape index (κ3) is 2.76. The minimum Gasteiger partial charge on any atom is -0.382 e. The smallest absolute Gasteiger partial charge is 0.141 e. The Morgan fingerprint density at radius 1 is 1.67 bits per heavy atom. The molecule has 0 radical (unpaired) electrons. The van der Waals surface area contributed by atoms with Crippen LogP contribution in [0.4, 0.5) is 0 Å². The lowest BCUT2D eigenvalue weighted by molar-refractivity contribution is 0.155. The zero-order valence-electron chi connectivity index (χ0n) is 9.31. The Morgan fingerprint density at radius 3 is 3.13 bits per heavy atom. The molecular weight excluding hydrogens is 192 g/mol. The predicted octanol–water partition coefficient (Wildman–Crippen LogP) is 0.738. The average Bonchev–Trinajstić information content (AvgIpc) is 2.93. The maximum absolute atomic E-state index is 5.11. The summed E-state index contributed by atoms with van der Waals surface area (Å²) in [7, 11) is 1.70. The van der Waals surface area contributed by atoms with E-state index < -0.39 is 0 Å². The fourth-order valence-corrected chi connectivity index (χ4v) is 1.60. The molecule has 0 aliphatic heterocycles. The highest BCUT2D eigenvalue weighted by Crippen LogP contribution is 2.19. The van der Waals surface area contributed by atoms with E-state index in [1.54, 1.807) is 13.4 Å². The van der Waals surface area contributed by atoms with Gasteiger partial charge in [-0.1, -0.05) is 0 Å². The van der Waals surface area contributed by atoms with Crippen LogP contribution in [0, 0.1) is 0 Å². The first kappa shape index (κ1) is 10.6. The largest absolute Gasteiger partial charge is 0.382 e. The minimum absolute atomic E-state index is 0.244. The van der Waals surface area contributed by atoms with Crippen molar-refractivity contribution in [2.75, 3.05) is 13.7 Å². The summed E-state index contributed by atoms with van der Waals surface area (Å²) in [4.78, 5) is 4.25. The van der Waals surface area contributed by atoms with Crippen molar-refractivity contribution in [2.45, 2.75) is 38.4 Å². The molecule has 1 atom stereocenters. The fourth-order valence-electron chi connectivity index (χ4n) is 1.60. The van der Waals surface area contributed by atoms with Gasteiger partial charge in [0, 0.05) is 13.2 Å². The highest BCUT2D eigenvalue weighted by Gasteiger charge is 2.21. The van der Waals surface area contributed by atoms with Crippen molar-refractivity contribution in [3.05, 3.63) is 12.2 Å². The lowest BCUT2D eigenvalue weighted by atomic mass is 10.3. The van der Waals surface area contributed by atoms with Gasteiger partial charge < -0.3 is 10.1 Å². The van der Waals surface area contributed by atoms with E-state index >= 15 is 0 Å². The fraction of sp³-hybridized carbons (Fsp3) is 0.800. The number of hydrogen-bond acceptors (Lipinski definition) is 4. The van der Waals surface area contributed by atoms with E-state index in [0.717, 1.165) is 12.4 Å². The first-order chi connectivity index (χ1) is 7.31. The zero-order valence-corrected chi connectivity index (χ0v) is 9.31. The van der Waals surface area contributed by atoms with Crippen molar-refractivity contribution in [2.24, 2.45) is 0 Å². The van der Waals surface area contributed by atoms with E-state index in [9.17, 15) is 0 Å². The molecule has 1 unspecified atom stereocenters. The van der Waals surface area contributed by atoms with Crippen LogP contribution in [0.1, 0.15) is 31.6 Å². The van der Waals surface area contributed by atoms with Crippen LogP contribution in [0.5, 0.6) is 0 Å². The second-order valence-corrected chi connectivity index (χ2v) is 4.08. The predicted molar refractivity (Wildman–Crippen MR) is 56.5 cm³/mol. The highest BCUT2D eigenvalue weighted by molar-refractivity contribution is 4.90. The van der Waals surface area contributed by atoms with Crippen molar-refractivity contribution >= 4 is 0 Å². The van der Waals surface area contributed by atoms with Gasteiger partial charge in [0.25, 0.3) is 0 Å². The van der Waals surface area contributed by atoms with Crippen molar-refractivity contribution in [3.63, 3.8) is 0 Å². The molecule has 0 bridgehead atoms. The Morgan fingerprint density at radius 2 is 2.47 bits per heavy atom. The van der Waals surface area contributed by atoms with Crippen LogP contribution in [-0.2, 0) is 11.3 Å². The number of ether oxygens (including phenoxy) is 1. The van der Waals surface area contributed by atoms with E-state index in [1.165, 1.54) is 12.8 Å². The molecule has 5 nitrogen and oxygen atoms in total. The van der Waals surface area contributed by atoms with Gasteiger partial charge in [0.1, 0.15) is 12.2 Å². The maximum Gasteiger partial charge on any atom is 0.141 e. The molecule has 2 rings (SSSR count). The van der Waals surface area contributed by atoms with Crippen molar-refractivity contribution in [1.82, 2.24) is 20.1 Å². The Hall–Kier alpha value is -0.940. The Bertz CT molecular complexity index is 308. The number of hydrogen-bond donors (Lipinski definition) is 1. The number of nitrogens with one attached hydrogen (secondary N) is 1. The summed E-state index contributed by atoms with van der Waals surface area (Å²) >= 11 is 0. The van der Waals surface area contributed by atoms with Crippen molar-refractivity contribution in [1.29, 1.82) is 0 Å². The molecule has 1 fully saturated rings. The quantitative estimate of drug-likeness (QED) is 0.752. The van der Waals surface area contributed by atoms with Crippen molar-refractivity contribution < 1.29 is 4.74 Å². The minimum atomic E-state index is 0.244. The third-order valence-corrected chi connectivity index (χ3v) is 2.60. The Balaban J connectivity index is 1.93. The molecule has 5 heteroatoms. The third-order valence-electron chi connectivity index (χ3n) is 2.60. The van der Waals surface area contributed by atoms with Gasteiger partial charge in [-0.25, -0.2) is 9.67 Å².